The summed E-state index contributed by atoms with van der Waals surface area (Å²) in [5.74, 6) is 0.170. The molecule has 2 aromatic carbocycles. The fourth-order valence-corrected chi connectivity index (χ4v) is 2.45. The number of carbonyl (C=O) groups excluding carboxylic acids is 1. The normalized spacial score (nSPS) is 11.3. The number of benzene rings is 2. The van der Waals surface area contributed by atoms with E-state index >= 15 is 0 Å². The number of nitriles is 1. The summed E-state index contributed by atoms with van der Waals surface area (Å²) in [7, 11) is 0. The summed E-state index contributed by atoms with van der Waals surface area (Å²) in [6.45, 7) is -0.357. The molecular formula is C21H14F3N3O3. The van der Waals surface area contributed by atoms with Gasteiger partial charge < -0.3 is 9.15 Å². The number of nitrogens with one attached hydrogen (secondary N) is 1. The Morgan fingerprint density at radius 1 is 1.17 bits per heavy atom. The summed E-state index contributed by atoms with van der Waals surface area (Å²) in [5.41, 5.74) is 2.01. The summed E-state index contributed by atoms with van der Waals surface area (Å²) >= 11 is 0. The van der Waals surface area contributed by atoms with Gasteiger partial charge in [-0.05, 0) is 36.4 Å². The molecule has 0 unspecified atom stereocenters. The molecule has 1 amide bonds. The molecule has 0 atom stereocenters. The van der Waals surface area contributed by atoms with Crippen molar-refractivity contribution >= 4 is 12.1 Å². The number of hydrazone groups is 1. The SMILES string of the molecule is N#Cc1ccccc1OCC(=O)NN=Cc1ccc(-c2cccc(C(F)(F)F)c2)o1. The second-order valence-corrected chi connectivity index (χ2v) is 5.97. The third-order valence-corrected chi connectivity index (χ3v) is 3.85. The third kappa shape index (κ3) is 5.26. The molecule has 1 N–H and O–H groups in total. The molecule has 0 spiro atoms. The third-order valence-electron chi connectivity index (χ3n) is 3.85. The lowest BCUT2D eigenvalue weighted by Gasteiger charge is -2.07. The van der Waals surface area contributed by atoms with Gasteiger partial charge in [0, 0.05) is 5.56 Å². The predicted molar refractivity (Wildman–Crippen MR) is 102 cm³/mol. The molecule has 6 nitrogen and oxygen atoms in total. The number of furan rings is 1. The summed E-state index contributed by atoms with van der Waals surface area (Å²) in [4.78, 5) is 11.8. The van der Waals surface area contributed by atoms with Gasteiger partial charge in [0.05, 0.1) is 17.3 Å². The van der Waals surface area contributed by atoms with E-state index in [1.165, 1.54) is 30.5 Å². The maximum atomic E-state index is 12.8. The van der Waals surface area contributed by atoms with Crippen molar-refractivity contribution in [3.63, 3.8) is 0 Å². The molecule has 3 aromatic rings. The molecule has 30 heavy (non-hydrogen) atoms. The zero-order valence-electron chi connectivity index (χ0n) is 15.3. The van der Waals surface area contributed by atoms with Crippen molar-refractivity contribution in [2.24, 2.45) is 5.10 Å². The van der Waals surface area contributed by atoms with Gasteiger partial charge in [0.25, 0.3) is 5.91 Å². The van der Waals surface area contributed by atoms with Crippen molar-refractivity contribution in [2.75, 3.05) is 6.61 Å². The minimum Gasteiger partial charge on any atom is -0.482 e. The second kappa shape index (κ2) is 8.96. The zero-order valence-corrected chi connectivity index (χ0v) is 15.3. The number of halogens is 3. The van der Waals surface area contributed by atoms with E-state index in [0.29, 0.717) is 5.56 Å². The molecule has 152 valence electrons. The first kappa shape index (κ1) is 20.7. The standard InChI is InChI=1S/C21H14F3N3O3/c22-21(23,24)16-6-3-5-14(10-16)19-9-8-17(30-19)12-26-27-20(28)13-29-18-7-2-1-4-15(18)11-25/h1-10,12H,13H2,(H,27,28). The van der Waals surface area contributed by atoms with Crippen molar-refractivity contribution < 1.29 is 27.1 Å². The summed E-state index contributed by atoms with van der Waals surface area (Å²) < 4.78 is 49.2. The number of ether oxygens (including phenoxy) is 1. The quantitative estimate of drug-likeness (QED) is 0.480. The molecule has 0 aliphatic rings. The smallest absolute Gasteiger partial charge is 0.416 e. The highest BCUT2D eigenvalue weighted by atomic mass is 19.4. The molecule has 0 saturated carbocycles. The largest absolute Gasteiger partial charge is 0.482 e. The fraction of sp³-hybridized carbons (Fsp3) is 0.0952. The highest BCUT2D eigenvalue weighted by molar-refractivity contribution is 5.81. The number of alkyl halides is 3. The van der Waals surface area contributed by atoms with Crippen LogP contribution in [0.4, 0.5) is 13.2 Å². The second-order valence-electron chi connectivity index (χ2n) is 5.97. The first-order valence-electron chi connectivity index (χ1n) is 8.58. The Labute approximate surface area is 169 Å². The van der Waals surface area contributed by atoms with Gasteiger partial charge in [0.1, 0.15) is 23.3 Å². The monoisotopic (exact) mass is 413 g/mol. The van der Waals surface area contributed by atoms with E-state index in [4.69, 9.17) is 14.4 Å². The summed E-state index contributed by atoms with van der Waals surface area (Å²) in [5, 5.41) is 12.7. The Morgan fingerprint density at radius 2 is 1.97 bits per heavy atom. The average molecular weight is 413 g/mol. The van der Waals surface area contributed by atoms with Gasteiger partial charge in [-0.1, -0.05) is 24.3 Å². The highest BCUT2D eigenvalue weighted by Gasteiger charge is 2.30. The predicted octanol–water partition coefficient (Wildman–Crippen LogP) is 4.37. The molecule has 3 rings (SSSR count). The van der Waals surface area contributed by atoms with E-state index < -0.39 is 17.6 Å². The fourth-order valence-electron chi connectivity index (χ4n) is 2.45. The van der Waals surface area contributed by atoms with Crippen LogP contribution < -0.4 is 10.2 Å². The van der Waals surface area contributed by atoms with Crippen LogP contribution in [0, 0.1) is 11.3 Å². The van der Waals surface area contributed by atoms with Crippen LogP contribution in [-0.4, -0.2) is 18.7 Å². The Balaban J connectivity index is 1.57. The number of nitrogens with zero attached hydrogens (tertiary/aromatic N) is 2. The van der Waals surface area contributed by atoms with E-state index in [9.17, 15) is 18.0 Å². The molecule has 1 heterocycles. The number of hydrogen-bond donors (Lipinski definition) is 1. The van der Waals surface area contributed by atoms with E-state index in [2.05, 4.69) is 10.5 Å². The van der Waals surface area contributed by atoms with Crippen LogP contribution in [0.2, 0.25) is 0 Å². The van der Waals surface area contributed by atoms with E-state index in [-0.39, 0.29) is 29.4 Å². The lowest BCUT2D eigenvalue weighted by Crippen LogP contribution is -2.24. The van der Waals surface area contributed by atoms with Crippen LogP contribution in [0.5, 0.6) is 5.75 Å². The van der Waals surface area contributed by atoms with Crippen LogP contribution in [0.25, 0.3) is 11.3 Å². The van der Waals surface area contributed by atoms with Crippen LogP contribution in [0.1, 0.15) is 16.9 Å². The van der Waals surface area contributed by atoms with Crippen LogP contribution in [0.15, 0.2) is 70.2 Å². The number of hydrogen-bond acceptors (Lipinski definition) is 5. The topological polar surface area (TPSA) is 87.6 Å². The highest BCUT2D eigenvalue weighted by Crippen LogP contribution is 2.32. The Bertz CT molecular complexity index is 1110. The van der Waals surface area contributed by atoms with Crippen molar-refractivity contribution in [1.82, 2.24) is 5.43 Å². The lowest BCUT2D eigenvalue weighted by atomic mass is 10.1. The first-order valence-corrected chi connectivity index (χ1v) is 8.58. The maximum Gasteiger partial charge on any atom is 0.416 e. The molecule has 1 aromatic heterocycles. The van der Waals surface area contributed by atoms with Gasteiger partial charge in [-0.2, -0.15) is 23.5 Å². The molecule has 0 radical (unpaired) electrons. The molecule has 0 bridgehead atoms. The van der Waals surface area contributed by atoms with Crippen molar-refractivity contribution in [2.45, 2.75) is 6.18 Å². The van der Waals surface area contributed by atoms with Crippen molar-refractivity contribution in [1.29, 1.82) is 5.26 Å². The van der Waals surface area contributed by atoms with Crippen LogP contribution in [-0.2, 0) is 11.0 Å². The van der Waals surface area contributed by atoms with E-state index in [0.717, 1.165) is 12.1 Å². The summed E-state index contributed by atoms with van der Waals surface area (Å²) in [6, 6.07) is 16.2. The molecule has 0 aliphatic carbocycles. The Kier molecular flexibility index (Phi) is 6.17. The zero-order chi connectivity index (χ0) is 21.6. The number of rotatable bonds is 6. The van der Waals surface area contributed by atoms with Gasteiger partial charge in [0.15, 0.2) is 6.61 Å². The van der Waals surface area contributed by atoms with Crippen LogP contribution in [0.3, 0.4) is 0 Å². The first-order chi connectivity index (χ1) is 14.4. The minimum atomic E-state index is -4.45. The minimum absolute atomic E-state index is 0.227. The van der Waals surface area contributed by atoms with Gasteiger partial charge in [-0.25, -0.2) is 5.43 Å². The Morgan fingerprint density at radius 3 is 2.73 bits per heavy atom. The van der Waals surface area contributed by atoms with Crippen LogP contribution >= 0.6 is 0 Å². The van der Waals surface area contributed by atoms with E-state index in [1.54, 1.807) is 24.3 Å². The summed E-state index contributed by atoms with van der Waals surface area (Å²) in [6.07, 6.45) is -3.24. The number of amides is 1. The molecule has 0 saturated heterocycles. The number of carbonyl (C=O) groups is 1. The number of para-hydroxylation sites is 1. The van der Waals surface area contributed by atoms with Gasteiger partial charge >= 0.3 is 6.18 Å². The van der Waals surface area contributed by atoms with Crippen molar-refractivity contribution in [3.05, 3.63) is 77.6 Å². The molecule has 9 heteroatoms. The van der Waals surface area contributed by atoms with Crippen molar-refractivity contribution in [3.8, 4) is 23.1 Å². The van der Waals surface area contributed by atoms with Gasteiger partial charge in [-0.15, -0.1) is 0 Å². The Hall–Kier alpha value is -4.06. The van der Waals surface area contributed by atoms with E-state index in [1.807, 2.05) is 6.07 Å². The lowest BCUT2D eigenvalue weighted by molar-refractivity contribution is -0.137. The van der Waals surface area contributed by atoms with Gasteiger partial charge in [-0.3, -0.25) is 4.79 Å². The molecule has 0 aliphatic heterocycles. The molecule has 0 fully saturated rings. The maximum absolute atomic E-state index is 12.8. The molecular weight excluding hydrogens is 399 g/mol. The van der Waals surface area contributed by atoms with Gasteiger partial charge in [0.2, 0.25) is 0 Å². The average Bonchev–Trinajstić information content (AvgIpc) is 3.21.